The van der Waals surface area contributed by atoms with Crippen LogP contribution < -0.4 is 5.32 Å². The van der Waals surface area contributed by atoms with Crippen molar-refractivity contribution in [3.8, 4) is 11.5 Å². The van der Waals surface area contributed by atoms with Crippen LogP contribution in [0.1, 0.15) is 5.56 Å². The first-order valence-electron chi connectivity index (χ1n) is 5.26. The van der Waals surface area contributed by atoms with Gasteiger partial charge in [0.2, 0.25) is 0 Å². The van der Waals surface area contributed by atoms with Crippen LogP contribution in [0.15, 0.2) is 36.4 Å². The van der Waals surface area contributed by atoms with E-state index in [9.17, 15) is 9.50 Å². The zero-order valence-electron chi connectivity index (χ0n) is 9.32. The molecule has 2 rings (SSSR count). The zero-order valence-corrected chi connectivity index (χ0v) is 10.1. The summed E-state index contributed by atoms with van der Waals surface area (Å²) in [5.41, 5.74) is 0.721. The minimum Gasteiger partial charge on any atom is -0.508 e. The van der Waals surface area contributed by atoms with E-state index in [4.69, 9.17) is 16.7 Å². The lowest BCUT2D eigenvalue weighted by molar-refractivity contribution is 0.451. The molecule has 0 spiro atoms. The molecule has 0 heterocycles. The topological polar surface area (TPSA) is 52.5 Å². The van der Waals surface area contributed by atoms with Gasteiger partial charge in [0.1, 0.15) is 17.3 Å². The van der Waals surface area contributed by atoms with Crippen LogP contribution in [0.3, 0.4) is 0 Å². The summed E-state index contributed by atoms with van der Waals surface area (Å²) in [7, 11) is 0. The maximum absolute atomic E-state index is 13.5. The summed E-state index contributed by atoms with van der Waals surface area (Å²) in [6.45, 7) is 0.143. The van der Waals surface area contributed by atoms with Crippen LogP contribution in [-0.4, -0.2) is 10.2 Å². The number of rotatable bonds is 3. The van der Waals surface area contributed by atoms with Gasteiger partial charge in [-0.25, -0.2) is 4.39 Å². The number of nitrogens with one attached hydrogen (secondary N) is 1. The first-order chi connectivity index (χ1) is 8.58. The van der Waals surface area contributed by atoms with E-state index in [-0.39, 0.29) is 18.0 Å². The quantitative estimate of drug-likeness (QED) is 0.589. The van der Waals surface area contributed by atoms with E-state index in [1.54, 1.807) is 6.07 Å². The van der Waals surface area contributed by atoms with E-state index in [0.29, 0.717) is 16.3 Å². The Balaban J connectivity index is 2.16. The average molecular weight is 268 g/mol. The fourth-order valence-corrected chi connectivity index (χ4v) is 1.78. The molecule has 5 heteroatoms. The van der Waals surface area contributed by atoms with Crippen molar-refractivity contribution < 1.29 is 14.6 Å². The van der Waals surface area contributed by atoms with Crippen molar-refractivity contribution in [1.82, 2.24) is 0 Å². The monoisotopic (exact) mass is 267 g/mol. The number of hydrogen-bond acceptors (Lipinski definition) is 3. The zero-order chi connectivity index (χ0) is 13.1. The number of aromatic hydroxyl groups is 2. The maximum Gasteiger partial charge on any atom is 0.142 e. The Hall–Kier alpha value is -1.94. The Morgan fingerprint density at radius 1 is 1.17 bits per heavy atom. The largest absolute Gasteiger partial charge is 0.508 e. The van der Waals surface area contributed by atoms with E-state index in [2.05, 4.69) is 5.32 Å². The van der Waals surface area contributed by atoms with Crippen molar-refractivity contribution >= 4 is 17.3 Å². The minimum atomic E-state index is -0.409. The molecule has 0 unspecified atom stereocenters. The van der Waals surface area contributed by atoms with Gasteiger partial charge in [0, 0.05) is 23.2 Å². The molecule has 2 aromatic carbocycles. The molecule has 0 fully saturated rings. The summed E-state index contributed by atoms with van der Waals surface area (Å²) in [5.74, 6) is -0.558. The number of anilines is 1. The van der Waals surface area contributed by atoms with Crippen LogP contribution in [0.2, 0.25) is 5.02 Å². The van der Waals surface area contributed by atoms with Crippen molar-refractivity contribution in [3.05, 3.63) is 52.8 Å². The number of halogens is 2. The fourth-order valence-electron chi connectivity index (χ4n) is 1.55. The van der Waals surface area contributed by atoms with Crippen LogP contribution >= 0.6 is 11.6 Å². The van der Waals surface area contributed by atoms with Gasteiger partial charge in [-0.2, -0.15) is 0 Å². The second kappa shape index (κ2) is 5.14. The summed E-state index contributed by atoms with van der Waals surface area (Å²) < 4.78 is 13.5. The molecule has 0 aliphatic heterocycles. The first kappa shape index (κ1) is 12.5. The molecular weight excluding hydrogens is 257 g/mol. The number of phenols is 2. The van der Waals surface area contributed by atoms with Crippen molar-refractivity contribution in [2.75, 3.05) is 5.32 Å². The third-order valence-corrected chi connectivity index (χ3v) is 2.85. The molecule has 0 saturated carbocycles. The van der Waals surface area contributed by atoms with E-state index >= 15 is 0 Å². The van der Waals surface area contributed by atoms with Gasteiger partial charge in [-0.05, 0) is 24.3 Å². The third-order valence-electron chi connectivity index (χ3n) is 2.50. The van der Waals surface area contributed by atoms with Gasteiger partial charge in [-0.15, -0.1) is 0 Å². The van der Waals surface area contributed by atoms with Crippen molar-refractivity contribution in [3.63, 3.8) is 0 Å². The molecule has 3 N–H and O–H groups in total. The summed E-state index contributed by atoms with van der Waals surface area (Å²) >= 11 is 5.88. The van der Waals surface area contributed by atoms with Gasteiger partial charge in [-0.1, -0.05) is 17.7 Å². The maximum atomic E-state index is 13.5. The highest BCUT2D eigenvalue weighted by Crippen LogP contribution is 2.28. The average Bonchev–Trinajstić information content (AvgIpc) is 2.31. The molecule has 0 aliphatic carbocycles. The number of hydrogen-bond donors (Lipinski definition) is 3. The highest BCUT2D eigenvalue weighted by molar-refractivity contribution is 6.31. The lowest BCUT2D eigenvalue weighted by Crippen LogP contribution is -2.02. The third kappa shape index (κ3) is 2.65. The molecule has 0 aromatic heterocycles. The Morgan fingerprint density at radius 2 is 1.94 bits per heavy atom. The molecule has 0 atom stereocenters. The summed E-state index contributed by atoms with van der Waals surface area (Å²) in [6.07, 6.45) is 0. The van der Waals surface area contributed by atoms with Crippen LogP contribution in [0, 0.1) is 5.82 Å². The van der Waals surface area contributed by atoms with Gasteiger partial charge < -0.3 is 15.5 Å². The summed E-state index contributed by atoms with van der Waals surface area (Å²) in [6, 6.07) is 8.56. The van der Waals surface area contributed by atoms with Crippen molar-refractivity contribution in [2.24, 2.45) is 0 Å². The molecule has 0 aliphatic rings. The normalized spacial score (nSPS) is 10.3. The molecule has 0 radical (unpaired) electrons. The highest BCUT2D eigenvalue weighted by atomic mass is 35.5. The van der Waals surface area contributed by atoms with Gasteiger partial charge in [0.15, 0.2) is 0 Å². The van der Waals surface area contributed by atoms with Gasteiger partial charge in [0.05, 0.1) is 5.69 Å². The molecule has 0 bridgehead atoms. The number of benzene rings is 2. The van der Waals surface area contributed by atoms with E-state index in [0.717, 1.165) is 0 Å². The van der Waals surface area contributed by atoms with Crippen molar-refractivity contribution in [1.29, 1.82) is 0 Å². The lowest BCUT2D eigenvalue weighted by atomic mass is 10.2. The summed E-state index contributed by atoms with van der Waals surface area (Å²) in [4.78, 5) is 0. The van der Waals surface area contributed by atoms with Crippen molar-refractivity contribution in [2.45, 2.75) is 6.54 Å². The van der Waals surface area contributed by atoms with E-state index in [1.807, 2.05) is 0 Å². The first-order valence-corrected chi connectivity index (χ1v) is 5.64. The van der Waals surface area contributed by atoms with Gasteiger partial charge >= 0.3 is 0 Å². The Bertz CT molecular complexity index is 555. The second-order valence-corrected chi connectivity index (χ2v) is 4.16. The minimum absolute atomic E-state index is 0.0398. The molecule has 2 aromatic rings. The van der Waals surface area contributed by atoms with E-state index < -0.39 is 5.82 Å². The standard InChI is InChI=1S/C13H11ClFNO2/c14-10-2-1-3-11(15)9(10)7-16-12-5-4-8(17)6-13(12)18/h1-6,16-18H,7H2. The SMILES string of the molecule is Oc1ccc(NCc2c(F)cccc2Cl)c(O)c1. The molecule has 3 nitrogen and oxygen atoms in total. The molecule has 0 amide bonds. The lowest BCUT2D eigenvalue weighted by Gasteiger charge is -2.10. The Labute approximate surface area is 108 Å². The predicted molar refractivity (Wildman–Crippen MR) is 68.5 cm³/mol. The Morgan fingerprint density at radius 3 is 2.61 bits per heavy atom. The van der Waals surface area contributed by atoms with Gasteiger partial charge in [-0.3, -0.25) is 0 Å². The molecule has 94 valence electrons. The fraction of sp³-hybridized carbons (Fsp3) is 0.0769. The van der Waals surface area contributed by atoms with Crippen LogP contribution in [0.25, 0.3) is 0 Å². The van der Waals surface area contributed by atoms with Crippen LogP contribution in [0.4, 0.5) is 10.1 Å². The predicted octanol–water partition coefficient (Wildman–Crippen LogP) is 3.50. The molecule has 18 heavy (non-hydrogen) atoms. The van der Waals surface area contributed by atoms with Crippen LogP contribution in [0.5, 0.6) is 11.5 Å². The Kier molecular flexibility index (Phi) is 3.58. The second-order valence-electron chi connectivity index (χ2n) is 3.76. The summed E-state index contributed by atoms with van der Waals surface area (Å²) in [5, 5.41) is 21.9. The highest BCUT2D eigenvalue weighted by Gasteiger charge is 2.08. The molecular formula is C13H11ClFNO2. The smallest absolute Gasteiger partial charge is 0.142 e. The van der Waals surface area contributed by atoms with Gasteiger partial charge in [0.25, 0.3) is 0 Å². The number of phenolic OH excluding ortho intramolecular Hbond substituents is 2. The van der Waals surface area contributed by atoms with Crippen LogP contribution in [-0.2, 0) is 6.54 Å². The van der Waals surface area contributed by atoms with E-state index in [1.165, 1.54) is 30.3 Å². The molecule has 0 saturated heterocycles.